The molecular weight excluding hydrogens is 236 g/mol. The lowest BCUT2D eigenvalue weighted by molar-refractivity contribution is 0.867. The summed E-state index contributed by atoms with van der Waals surface area (Å²) in [5, 5.41) is 12.0. The third kappa shape index (κ3) is 2.89. The van der Waals surface area contributed by atoms with Crippen molar-refractivity contribution in [3.05, 3.63) is 47.4 Å². The second-order valence-corrected chi connectivity index (χ2v) is 4.72. The van der Waals surface area contributed by atoms with Gasteiger partial charge in [0.1, 0.15) is 11.9 Å². The van der Waals surface area contributed by atoms with Crippen LogP contribution in [-0.2, 0) is 0 Å². The average Bonchev–Trinajstić information content (AvgIpc) is 2.41. The van der Waals surface area contributed by atoms with Gasteiger partial charge in [-0.05, 0) is 24.0 Å². The number of hydrogen-bond donors (Lipinski definition) is 1. The summed E-state index contributed by atoms with van der Waals surface area (Å²) in [6.45, 7) is 6.38. The molecule has 0 bridgehead atoms. The summed E-state index contributed by atoms with van der Waals surface area (Å²) >= 11 is 0. The van der Waals surface area contributed by atoms with E-state index in [1.165, 1.54) is 11.8 Å². The smallest absolute Gasteiger partial charge is 0.158 e. The van der Waals surface area contributed by atoms with Crippen LogP contribution >= 0.6 is 0 Å². The van der Waals surface area contributed by atoms with Gasteiger partial charge in [-0.2, -0.15) is 5.26 Å². The summed E-state index contributed by atoms with van der Waals surface area (Å²) < 4.78 is 0. The van der Waals surface area contributed by atoms with E-state index in [0.29, 0.717) is 17.4 Å². The molecule has 0 aliphatic rings. The van der Waals surface area contributed by atoms with Gasteiger partial charge in [0, 0.05) is 5.69 Å². The number of nitriles is 1. The molecule has 2 rings (SSSR count). The molecule has 1 aromatic heterocycles. The Morgan fingerprint density at radius 2 is 2.00 bits per heavy atom. The van der Waals surface area contributed by atoms with Crippen molar-refractivity contribution in [1.82, 2.24) is 9.97 Å². The Balaban J connectivity index is 2.34. The van der Waals surface area contributed by atoms with Crippen molar-refractivity contribution in [2.75, 3.05) is 5.32 Å². The van der Waals surface area contributed by atoms with Crippen LogP contribution in [-0.4, -0.2) is 9.97 Å². The third-order valence-corrected chi connectivity index (χ3v) is 2.95. The van der Waals surface area contributed by atoms with Gasteiger partial charge in [-0.1, -0.05) is 32.0 Å². The molecule has 0 unspecified atom stereocenters. The highest BCUT2D eigenvalue weighted by Crippen LogP contribution is 2.29. The molecule has 0 aliphatic carbocycles. The zero-order chi connectivity index (χ0) is 13.8. The zero-order valence-electron chi connectivity index (χ0n) is 11.3. The molecule has 1 N–H and O–H groups in total. The van der Waals surface area contributed by atoms with E-state index in [4.69, 9.17) is 5.26 Å². The Hall–Kier alpha value is -2.41. The number of nitrogens with one attached hydrogen (secondary N) is 1. The Morgan fingerprint density at radius 1 is 1.21 bits per heavy atom. The van der Waals surface area contributed by atoms with Crippen LogP contribution in [0.2, 0.25) is 0 Å². The van der Waals surface area contributed by atoms with Crippen molar-refractivity contribution in [1.29, 1.82) is 5.26 Å². The van der Waals surface area contributed by atoms with Crippen molar-refractivity contribution < 1.29 is 0 Å². The third-order valence-electron chi connectivity index (χ3n) is 2.95. The fourth-order valence-corrected chi connectivity index (χ4v) is 1.92. The number of aromatic nitrogens is 2. The number of rotatable bonds is 3. The standard InChI is InChI=1S/C15H16N4/c1-10(2)13-6-4-5-11(3)15(13)19-14-9-17-12(7-16)8-18-14/h4-6,8-10H,1-3H3,(H,18,19). The molecule has 0 radical (unpaired) electrons. The lowest BCUT2D eigenvalue weighted by Gasteiger charge is -2.16. The Labute approximate surface area is 113 Å². The van der Waals surface area contributed by atoms with Gasteiger partial charge in [0.15, 0.2) is 5.69 Å². The van der Waals surface area contributed by atoms with E-state index in [2.05, 4.69) is 54.3 Å². The molecule has 0 saturated carbocycles. The monoisotopic (exact) mass is 252 g/mol. The topological polar surface area (TPSA) is 61.6 Å². The fourth-order valence-electron chi connectivity index (χ4n) is 1.92. The first kappa shape index (κ1) is 13.0. The number of aryl methyl sites for hydroxylation is 1. The molecule has 1 heterocycles. The molecule has 0 aliphatic heterocycles. The van der Waals surface area contributed by atoms with Gasteiger partial charge in [0.2, 0.25) is 0 Å². The van der Waals surface area contributed by atoms with Crippen LogP contribution in [0, 0.1) is 18.3 Å². The molecule has 0 saturated heterocycles. The van der Waals surface area contributed by atoms with Gasteiger partial charge in [0.05, 0.1) is 12.4 Å². The van der Waals surface area contributed by atoms with Crippen molar-refractivity contribution in [3.8, 4) is 6.07 Å². The molecule has 0 atom stereocenters. The maximum Gasteiger partial charge on any atom is 0.158 e. The first-order valence-corrected chi connectivity index (χ1v) is 6.20. The molecular formula is C15H16N4. The molecule has 0 fully saturated rings. The number of para-hydroxylation sites is 1. The van der Waals surface area contributed by atoms with Gasteiger partial charge in [-0.3, -0.25) is 0 Å². The van der Waals surface area contributed by atoms with Gasteiger partial charge >= 0.3 is 0 Å². The summed E-state index contributed by atoms with van der Waals surface area (Å²) in [6.07, 6.45) is 3.05. The summed E-state index contributed by atoms with van der Waals surface area (Å²) in [4.78, 5) is 8.20. The van der Waals surface area contributed by atoms with Crippen LogP contribution in [0.15, 0.2) is 30.6 Å². The van der Waals surface area contributed by atoms with E-state index in [-0.39, 0.29) is 0 Å². The predicted molar refractivity (Wildman–Crippen MR) is 75.3 cm³/mol. The van der Waals surface area contributed by atoms with Crippen molar-refractivity contribution in [2.24, 2.45) is 0 Å². The van der Waals surface area contributed by atoms with E-state index < -0.39 is 0 Å². The van der Waals surface area contributed by atoms with Crippen molar-refractivity contribution in [3.63, 3.8) is 0 Å². The highest BCUT2D eigenvalue weighted by atomic mass is 15.0. The Bertz CT molecular complexity index is 609. The fraction of sp³-hybridized carbons (Fsp3) is 0.267. The summed E-state index contributed by atoms with van der Waals surface area (Å²) in [5.74, 6) is 1.07. The van der Waals surface area contributed by atoms with Gasteiger partial charge in [0.25, 0.3) is 0 Å². The Morgan fingerprint density at radius 3 is 2.58 bits per heavy atom. The minimum atomic E-state index is 0.319. The van der Waals surface area contributed by atoms with Crippen LogP contribution in [0.3, 0.4) is 0 Å². The number of hydrogen-bond acceptors (Lipinski definition) is 4. The number of benzene rings is 1. The zero-order valence-corrected chi connectivity index (χ0v) is 11.3. The number of nitrogens with zero attached hydrogens (tertiary/aromatic N) is 3. The first-order chi connectivity index (χ1) is 9.11. The summed E-state index contributed by atoms with van der Waals surface area (Å²) in [7, 11) is 0. The van der Waals surface area contributed by atoms with Crippen LogP contribution < -0.4 is 5.32 Å². The Kier molecular flexibility index (Phi) is 3.76. The number of anilines is 2. The van der Waals surface area contributed by atoms with E-state index in [1.807, 2.05) is 6.07 Å². The highest BCUT2D eigenvalue weighted by Gasteiger charge is 2.09. The van der Waals surface area contributed by atoms with Crippen LogP contribution in [0.4, 0.5) is 11.5 Å². The molecule has 4 nitrogen and oxygen atoms in total. The second-order valence-electron chi connectivity index (χ2n) is 4.72. The summed E-state index contributed by atoms with van der Waals surface area (Å²) in [6, 6.07) is 8.18. The minimum Gasteiger partial charge on any atom is -0.338 e. The molecule has 0 spiro atoms. The predicted octanol–water partition coefficient (Wildman–Crippen LogP) is 3.52. The van der Waals surface area contributed by atoms with Crippen LogP contribution in [0.1, 0.15) is 36.6 Å². The first-order valence-electron chi connectivity index (χ1n) is 6.20. The maximum absolute atomic E-state index is 8.71. The maximum atomic E-state index is 8.71. The molecule has 96 valence electrons. The van der Waals surface area contributed by atoms with Crippen LogP contribution in [0.25, 0.3) is 0 Å². The minimum absolute atomic E-state index is 0.319. The molecule has 1 aromatic carbocycles. The normalized spacial score (nSPS) is 10.3. The molecule has 2 aromatic rings. The van der Waals surface area contributed by atoms with Crippen LogP contribution in [0.5, 0.6) is 0 Å². The van der Waals surface area contributed by atoms with Crippen molar-refractivity contribution >= 4 is 11.5 Å². The highest BCUT2D eigenvalue weighted by molar-refractivity contribution is 5.65. The largest absolute Gasteiger partial charge is 0.338 e. The summed E-state index contributed by atoms with van der Waals surface area (Å²) in [5.41, 5.74) is 3.79. The van der Waals surface area contributed by atoms with E-state index in [1.54, 1.807) is 6.20 Å². The lowest BCUT2D eigenvalue weighted by Crippen LogP contribution is -2.02. The molecule has 4 heteroatoms. The molecule has 19 heavy (non-hydrogen) atoms. The second kappa shape index (κ2) is 5.49. The van der Waals surface area contributed by atoms with Gasteiger partial charge in [-0.25, -0.2) is 9.97 Å². The van der Waals surface area contributed by atoms with E-state index in [0.717, 1.165) is 11.3 Å². The van der Waals surface area contributed by atoms with Gasteiger partial charge < -0.3 is 5.32 Å². The quantitative estimate of drug-likeness (QED) is 0.907. The average molecular weight is 252 g/mol. The van der Waals surface area contributed by atoms with Crippen molar-refractivity contribution in [2.45, 2.75) is 26.7 Å². The van der Waals surface area contributed by atoms with E-state index >= 15 is 0 Å². The van der Waals surface area contributed by atoms with E-state index in [9.17, 15) is 0 Å². The SMILES string of the molecule is Cc1cccc(C(C)C)c1Nc1cnc(C#N)cn1. The molecule has 0 amide bonds. The lowest BCUT2D eigenvalue weighted by atomic mass is 9.98. The van der Waals surface area contributed by atoms with Gasteiger partial charge in [-0.15, -0.1) is 0 Å².